The summed E-state index contributed by atoms with van der Waals surface area (Å²) in [5, 5.41) is 8.59. The number of alkyl halides is 3. The molecule has 3 N–H and O–H groups in total. The number of Topliss-reactive ketones (excluding diaryl/α,β-unsaturated/α-hetero) is 1. The molecule has 0 aliphatic carbocycles. The Kier molecular flexibility index (Phi) is 6.51. The maximum absolute atomic E-state index is 13.1. The fraction of sp³-hybridized carbons (Fsp3) is 0.357. The molecule has 0 radical (unpaired) electrons. The van der Waals surface area contributed by atoms with E-state index in [9.17, 15) is 18.0 Å². The highest BCUT2D eigenvalue weighted by atomic mass is 32.1. The molecule has 2 aliphatic rings. The molecule has 0 spiro atoms. The summed E-state index contributed by atoms with van der Waals surface area (Å²) in [4.78, 5) is 17.0. The summed E-state index contributed by atoms with van der Waals surface area (Å²) < 4.78 is 39.4. The molecule has 2 unspecified atom stereocenters. The lowest BCUT2D eigenvalue weighted by Gasteiger charge is -2.36. The normalized spacial score (nSPS) is 22.1. The van der Waals surface area contributed by atoms with Gasteiger partial charge in [-0.25, -0.2) is 0 Å². The Morgan fingerprint density at radius 3 is 2.31 bits per heavy atom. The van der Waals surface area contributed by atoms with Crippen LogP contribution in [0.2, 0.25) is 0 Å². The molecule has 8 heteroatoms. The molecule has 0 amide bonds. The second kappa shape index (κ2) is 9.48. The van der Waals surface area contributed by atoms with Crippen molar-refractivity contribution in [3.63, 3.8) is 0 Å². The fourth-order valence-electron chi connectivity index (χ4n) is 5.63. The van der Waals surface area contributed by atoms with Crippen molar-refractivity contribution in [2.24, 2.45) is 5.92 Å². The van der Waals surface area contributed by atoms with Crippen LogP contribution < -0.4 is 5.73 Å². The number of anilines is 1. The predicted octanol–water partition coefficient (Wildman–Crippen LogP) is 6.88. The minimum Gasteiger partial charge on any atom is -0.398 e. The Morgan fingerprint density at radius 2 is 1.67 bits per heavy atom. The first kappa shape index (κ1) is 24.7. The van der Waals surface area contributed by atoms with Gasteiger partial charge in [-0.15, -0.1) is 11.3 Å². The Balaban J connectivity index is 1.34. The van der Waals surface area contributed by atoms with E-state index in [-0.39, 0.29) is 11.5 Å². The molecule has 3 aromatic rings. The topological polar surface area (TPSA) is 70.2 Å². The number of nitrogen functional groups attached to an aromatic ring is 1. The number of nitrogens with two attached hydrogens (primary N) is 1. The molecule has 2 atom stereocenters. The minimum atomic E-state index is -4.40. The quantitative estimate of drug-likeness (QED) is 0.280. The van der Waals surface area contributed by atoms with Gasteiger partial charge in [-0.2, -0.15) is 13.2 Å². The second-order valence-corrected chi connectivity index (χ2v) is 11.0. The van der Waals surface area contributed by atoms with Gasteiger partial charge in [0.15, 0.2) is 5.78 Å². The average molecular weight is 512 g/mol. The summed E-state index contributed by atoms with van der Waals surface area (Å²) in [7, 11) is 2.16. The van der Waals surface area contributed by atoms with Crippen LogP contribution in [0.4, 0.5) is 18.9 Å². The van der Waals surface area contributed by atoms with Gasteiger partial charge in [-0.1, -0.05) is 18.2 Å². The molecule has 2 saturated heterocycles. The predicted molar refractivity (Wildman–Crippen MR) is 138 cm³/mol. The first-order chi connectivity index (χ1) is 17.1. The summed E-state index contributed by atoms with van der Waals surface area (Å²) in [6.45, 7) is 0. The van der Waals surface area contributed by atoms with E-state index in [4.69, 9.17) is 11.1 Å². The second-order valence-electron chi connectivity index (χ2n) is 9.93. The van der Waals surface area contributed by atoms with Gasteiger partial charge in [0, 0.05) is 39.5 Å². The van der Waals surface area contributed by atoms with Crippen molar-refractivity contribution in [3.05, 3.63) is 65.7 Å². The van der Waals surface area contributed by atoms with Crippen molar-refractivity contribution >= 4 is 28.5 Å². The van der Waals surface area contributed by atoms with Gasteiger partial charge in [0.05, 0.1) is 5.56 Å². The van der Waals surface area contributed by atoms with Crippen LogP contribution in [0.5, 0.6) is 0 Å². The number of halogens is 3. The zero-order valence-corrected chi connectivity index (χ0v) is 20.8. The van der Waals surface area contributed by atoms with E-state index in [0.717, 1.165) is 35.4 Å². The van der Waals surface area contributed by atoms with Gasteiger partial charge in [-0.05, 0) is 86.2 Å². The van der Waals surface area contributed by atoms with Crippen molar-refractivity contribution in [2.45, 2.75) is 50.4 Å². The zero-order valence-electron chi connectivity index (χ0n) is 19.9. The molecule has 36 heavy (non-hydrogen) atoms. The van der Waals surface area contributed by atoms with Gasteiger partial charge in [0.25, 0.3) is 0 Å². The van der Waals surface area contributed by atoms with Crippen LogP contribution in [0.3, 0.4) is 0 Å². The highest BCUT2D eigenvalue weighted by Crippen LogP contribution is 2.40. The number of hydrogen-bond donors (Lipinski definition) is 2. The van der Waals surface area contributed by atoms with E-state index in [1.807, 2.05) is 12.1 Å². The standard InChI is InChI=1S/C28H28F3N3OS/c1-34-20-6-7-21(34)12-16(11-20)13-24(35)27(33)22-15-18(5-8-23(22)32)26-10-9-25(36-26)17-3-2-4-19(14-17)28(29,30)31/h2-5,8-10,14-16,20-21,33H,6-7,11-13,32H2,1H3. The number of hydrogen-bond acceptors (Lipinski definition) is 5. The van der Waals surface area contributed by atoms with Crippen LogP contribution in [-0.4, -0.2) is 35.5 Å². The van der Waals surface area contributed by atoms with Crippen LogP contribution in [-0.2, 0) is 11.0 Å². The number of piperidine rings is 1. The molecular formula is C28H28F3N3OS. The molecular weight excluding hydrogens is 483 g/mol. The number of carbonyl (C=O) groups is 1. The Bertz CT molecular complexity index is 1300. The third kappa shape index (κ3) is 4.84. The lowest BCUT2D eigenvalue weighted by Crippen LogP contribution is -2.40. The van der Waals surface area contributed by atoms with Crippen LogP contribution in [0, 0.1) is 11.3 Å². The molecule has 5 rings (SSSR count). The number of nitrogens with zero attached hydrogens (tertiary/aromatic N) is 1. The highest BCUT2D eigenvalue weighted by Gasteiger charge is 2.39. The summed E-state index contributed by atoms with van der Waals surface area (Å²) >= 11 is 1.36. The number of nitrogens with one attached hydrogen (secondary N) is 1. The Hall–Kier alpha value is -2.97. The molecule has 2 aliphatic heterocycles. The summed E-state index contributed by atoms with van der Waals surface area (Å²) in [5.74, 6) is 0.104. The van der Waals surface area contributed by atoms with Gasteiger partial charge >= 0.3 is 6.18 Å². The summed E-state index contributed by atoms with van der Waals surface area (Å²) in [6.07, 6.45) is 0.317. The third-order valence-electron chi connectivity index (χ3n) is 7.64. The van der Waals surface area contributed by atoms with Crippen LogP contribution in [0.25, 0.3) is 20.9 Å². The molecule has 2 fully saturated rings. The molecule has 1 aromatic heterocycles. The smallest absolute Gasteiger partial charge is 0.398 e. The van der Waals surface area contributed by atoms with Crippen molar-refractivity contribution in [2.75, 3.05) is 12.8 Å². The van der Waals surface area contributed by atoms with E-state index in [1.165, 1.54) is 30.2 Å². The number of ketones is 1. The van der Waals surface area contributed by atoms with E-state index >= 15 is 0 Å². The van der Waals surface area contributed by atoms with E-state index in [0.29, 0.717) is 46.1 Å². The first-order valence-corrected chi connectivity index (χ1v) is 12.9. The lowest BCUT2D eigenvalue weighted by atomic mass is 9.85. The van der Waals surface area contributed by atoms with Crippen LogP contribution >= 0.6 is 11.3 Å². The Labute approximate surface area is 212 Å². The number of benzene rings is 2. The summed E-state index contributed by atoms with van der Waals surface area (Å²) in [6, 6.07) is 15.2. The zero-order chi connectivity index (χ0) is 25.6. The fourth-order valence-corrected chi connectivity index (χ4v) is 6.63. The first-order valence-electron chi connectivity index (χ1n) is 12.1. The number of fused-ring (bicyclic) bond motifs is 2. The minimum absolute atomic E-state index is 0.0738. The van der Waals surface area contributed by atoms with Crippen LogP contribution in [0.15, 0.2) is 54.6 Å². The molecule has 0 saturated carbocycles. The average Bonchev–Trinajstić information content (AvgIpc) is 3.40. The van der Waals surface area contributed by atoms with Gasteiger partial charge in [0.1, 0.15) is 5.71 Å². The number of carbonyl (C=O) groups excluding carboxylic acids is 1. The van der Waals surface area contributed by atoms with E-state index < -0.39 is 11.7 Å². The van der Waals surface area contributed by atoms with E-state index in [1.54, 1.807) is 24.3 Å². The lowest BCUT2D eigenvalue weighted by molar-refractivity contribution is -0.137. The summed E-state index contributed by atoms with van der Waals surface area (Å²) in [5.41, 5.74) is 7.45. The number of thiophene rings is 1. The molecule has 188 valence electrons. The molecule has 2 aromatic carbocycles. The maximum atomic E-state index is 13.1. The van der Waals surface area contributed by atoms with Crippen molar-refractivity contribution in [1.29, 1.82) is 5.41 Å². The highest BCUT2D eigenvalue weighted by molar-refractivity contribution is 7.18. The maximum Gasteiger partial charge on any atom is 0.416 e. The molecule has 2 bridgehead atoms. The Morgan fingerprint density at radius 1 is 1.03 bits per heavy atom. The van der Waals surface area contributed by atoms with E-state index in [2.05, 4.69) is 11.9 Å². The number of rotatable bonds is 6. The van der Waals surface area contributed by atoms with Crippen molar-refractivity contribution in [3.8, 4) is 20.9 Å². The van der Waals surface area contributed by atoms with Gasteiger partial charge in [0.2, 0.25) is 0 Å². The van der Waals surface area contributed by atoms with Crippen molar-refractivity contribution < 1.29 is 18.0 Å². The van der Waals surface area contributed by atoms with Gasteiger partial charge < -0.3 is 10.6 Å². The van der Waals surface area contributed by atoms with Gasteiger partial charge in [-0.3, -0.25) is 10.2 Å². The largest absolute Gasteiger partial charge is 0.416 e. The van der Waals surface area contributed by atoms with Crippen LogP contribution in [0.1, 0.15) is 43.2 Å². The monoisotopic (exact) mass is 511 g/mol. The molecule has 4 nitrogen and oxygen atoms in total. The molecule has 3 heterocycles. The van der Waals surface area contributed by atoms with Crippen molar-refractivity contribution in [1.82, 2.24) is 4.90 Å². The third-order valence-corrected chi connectivity index (χ3v) is 8.82. The SMILES string of the molecule is CN1C2CCC1CC(CC(=O)C(=N)c1cc(-c3ccc(-c4cccc(C(F)(F)F)c4)s3)ccc1N)C2.